The number of pyridine rings is 1. The maximum Gasteiger partial charge on any atom is 0.248 e. The lowest BCUT2D eigenvalue weighted by atomic mass is 9.99. The van der Waals surface area contributed by atoms with E-state index in [0.717, 1.165) is 28.1 Å². The monoisotopic (exact) mass is 369 g/mol. The number of primary amides is 1. The van der Waals surface area contributed by atoms with E-state index >= 15 is 0 Å². The zero-order valence-corrected chi connectivity index (χ0v) is 15.6. The summed E-state index contributed by atoms with van der Waals surface area (Å²) < 4.78 is 1.96. The molecule has 0 saturated carbocycles. The normalized spacial score (nSPS) is 11.1. The summed E-state index contributed by atoms with van der Waals surface area (Å²) in [6.45, 7) is 4.11. The van der Waals surface area contributed by atoms with E-state index in [0.29, 0.717) is 16.8 Å². The SMILES string of the molecule is CC(C)c1cc(Nc2ccc(C(N)=O)cc2)n2c(nc3ccccc32)c1C#N. The molecule has 0 spiro atoms. The van der Waals surface area contributed by atoms with Crippen molar-refractivity contribution in [2.75, 3.05) is 5.32 Å². The zero-order chi connectivity index (χ0) is 19.8. The number of anilines is 2. The molecule has 4 rings (SSSR count). The quantitative estimate of drug-likeness (QED) is 0.560. The summed E-state index contributed by atoms with van der Waals surface area (Å²) >= 11 is 0. The number of hydrogen-bond donors (Lipinski definition) is 2. The molecule has 6 nitrogen and oxygen atoms in total. The van der Waals surface area contributed by atoms with Crippen LogP contribution in [-0.2, 0) is 0 Å². The molecule has 0 fully saturated rings. The number of fused-ring (bicyclic) bond motifs is 3. The molecule has 0 saturated heterocycles. The van der Waals surface area contributed by atoms with Crippen LogP contribution < -0.4 is 11.1 Å². The van der Waals surface area contributed by atoms with Crippen LogP contribution >= 0.6 is 0 Å². The van der Waals surface area contributed by atoms with Gasteiger partial charge in [-0.2, -0.15) is 5.26 Å². The Bertz CT molecular complexity index is 1250. The lowest BCUT2D eigenvalue weighted by Gasteiger charge is -2.16. The van der Waals surface area contributed by atoms with Crippen LogP contribution in [0.3, 0.4) is 0 Å². The third kappa shape index (κ3) is 2.83. The van der Waals surface area contributed by atoms with E-state index in [1.807, 2.05) is 34.7 Å². The van der Waals surface area contributed by atoms with E-state index in [1.165, 1.54) is 0 Å². The summed E-state index contributed by atoms with van der Waals surface area (Å²) in [5.74, 6) is 0.505. The second-order valence-corrected chi connectivity index (χ2v) is 6.95. The zero-order valence-electron chi connectivity index (χ0n) is 15.6. The van der Waals surface area contributed by atoms with Gasteiger partial charge in [-0.3, -0.25) is 9.20 Å². The lowest BCUT2D eigenvalue weighted by Crippen LogP contribution is -2.10. The number of nitrogens with two attached hydrogens (primary N) is 1. The van der Waals surface area contributed by atoms with Gasteiger partial charge in [0.25, 0.3) is 0 Å². The molecule has 28 heavy (non-hydrogen) atoms. The number of imidazole rings is 1. The first-order valence-electron chi connectivity index (χ1n) is 9.00. The van der Waals surface area contributed by atoms with Crippen molar-refractivity contribution in [2.45, 2.75) is 19.8 Å². The largest absolute Gasteiger partial charge is 0.366 e. The number of amides is 1. The van der Waals surface area contributed by atoms with Crippen LogP contribution in [0.1, 0.15) is 41.3 Å². The summed E-state index contributed by atoms with van der Waals surface area (Å²) in [5, 5.41) is 13.2. The van der Waals surface area contributed by atoms with Gasteiger partial charge in [0, 0.05) is 11.3 Å². The molecular formula is C22H19N5O. The van der Waals surface area contributed by atoms with Gasteiger partial charge in [0.15, 0.2) is 5.65 Å². The molecule has 0 unspecified atom stereocenters. The third-order valence-corrected chi connectivity index (χ3v) is 4.78. The van der Waals surface area contributed by atoms with Crippen LogP contribution in [0.4, 0.5) is 11.5 Å². The van der Waals surface area contributed by atoms with Crippen molar-refractivity contribution in [2.24, 2.45) is 5.73 Å². The first-order valence-corrected chi connectivity index (χ1v) is 9.00. The summed E-state index contributed by atoms with van der Waals surface area (Å²) in [6, 6.07) is 19.1. The highest BCUT2D eigenvalue weighted by Gasteiger charge is 2.18. The predicted molar refractivity (Wildman–Crippen MR) is 110 cm³/mol. The molecule has 4 aromatic rings. The van der Waals surface area contributed by atoms with Gasteiger partial charge in [0.2, 0.25) is 5.91 Å². The van der Waals surface area contributed by atoms with E-state index in [1.54, 1.807) is 24.3 Å². The van der Waals surface area contributed by atoms with Crippen molar-refractivity contribution in [3.8, 4) is 6.07 Å². The predicted octanol–water partition coefficient (Wildman–Crippen LogP) is 4.33. The Labute approximate surface area is 162 Å². The number of carbonyl (C=O) groups excluding carboxylic acids is 1. The molecule has 0 atom stereocenters. The lowest BCUT2D eigenvalue weighted by molar-refractivity contribution is 0.100. The maximum atomic E-state index is 11.3. The molecule has 6 heteroatoms. The molecule has 2 aromatic carbocycles. The fraction of sp³-hybridized carbons (Fsp3) is 0.136. The minimum Gasteiger partial charge on any atom is -0.366 e. The Kier molecular flexibility index (Phi) is 4.21. The number of aromatic nitrogens is 2. The van der Waals surface area contributed by atoms with Crippen molar-refractivity contribution in [3.63, 3.8) is 0 Å². The molecule has 2 heterocycles. The molecule has 0 aliphatic heterocycles. The Morgan fingerprint density at radius 2 is 1.89 bits per heavy atom. The maximum absolute atomic E-state index is 11.3. The minimum atomic E-state index is -0.463. The average molecular weight is 369 g/mol. The van der Waals surface area contributed by atoms with Gasteiger partial charge in [0.05, 0.1) is 16.6 Å². The van der Waals surface area contributed by atoms with Crippen LogP contribution in [-0.4, -0.2) is 15.3 Å². The second kappa shape index (κ2) is 6.71. The van der Waals surface area contributed by atoms with Crippen LogP contribution in [0.2, 0.25) is 0 Å². The Balaban J connectivity index is 1.96. The van der Waals surface area contributed by atoms with E-state index in [2.05, 4.69) is 25.2 Å². The Morgan fingerprint density at radius 1 is 1.18 bits per heavy atom. The topological polar surface area (TPSA) is 96.2 Å². The highest BCUT2D eigenvalue weighted by atomic mass is 16.1. The molecule has 0 aliphatic rings. The van der Waals surface area contributed by atoms with Gasteiger partial charge in [-0.15, -0.1) is 0 Å². The van der Waals surface area contributed by atoms with Gasteiger partial charge in [-0.1, -0.05) is 26.0 Å². The average Bonchev–Trinajstić information content (AvgIpc) is 3.07. The van der Waals surface area contributed by atoms with Gasteiger partial charge >= 0.3 is 0 Å². The van der Waals surface area contributed by atoms with E-state index < -0.39 is 5.91 Å². The first-order chi connectivity index (χ1) is 13.5. The number of rotatable bonds is 4. The van der Waals surface area contributed by atoms with Gasteiger partial charge in [-0.05, 0) is 53.9 Å². The van der Waals surface area contributed by atoms with Gasteiger partial charge in [-0.25, -0.2) is 4.98 Å². The number of nitrogens with one attached hydrogen (secondary N) is 1. The molecule has 0 bridgehead atoms. The number of hydrogen-bond acceptors (Lipinski definition) is 4. The van der Waals surface area contributed by atoms with Crippen molar-refractivity contribution in [1.29, 1.82) is 5.26 Å². The van der Waals surface area contributed by atoms with Crippen LogP contribution in [0.5, 0.6) is 0 Å². The third-order valence-electron chi connectivity index (χ3n) is 4.78. The second-order valence-electron chi connectivity index (χ2n) is 6.95. The summed E-state index contributed by atoms with van der Waals surface area (Å²) in [4.78, 5) is 16.0. The smallest absolute Gasteiger partial charge is 0.248 e. The summed E-state index contributed by atoms with van der Waals surface area (Å²) in [7, 11) is 0. The van der Waals surface area contributed by atoms with Crippen molar-refractivity contribution in [3.05, 3.63) is 71.3 Å². The molecule has 0 radical (unpaired) electrons. The molecule has 2 aromatic heterocycles. The van der Waals surface area contributed by atoms with Gasteiger partial charge < -0.3 is 11.1 Å². The highest BCUT2D eigenvalue weighted by molar-refractivity contribution is 5.93. The standard InChI is InChI=1S/C22H19N5O/c1-13(2)16-11-20(25-15-9-7-14(8-10-15)21(24)28)27-19-6-4-3-5-18(19)26-22(27)17(16)12-23/h3-11,13,25H,1-2H3,(H2,24,28). The van der Waals surface area contributed by atoms with E-state index in [4.69, 9.17) is 10.7 Å². The molecule has 3 N–H and O–H groups in total. The Morgan fingerprint density at radius 3 is 2.54 bits per heavy atom. The van der Waals surface area contributed by atoms with Crippen LogP contribution in [0.25, 0.3) is 16.7 Å². The molecule has 0 aliphatic carbocycles. The van der Waals surface area contributed by atoms with Crippen molar-refractivity contribution < 1.29 is 4.79 Å². The number of nitriles is 1. The number of para-hydroxylation sites is 2. The van der Waals surface area contributed by atoms with E-state index in [9.17, 15) is 10.1 Å². The van der Waals surface area contributed by atoms with Crippen molar-refractivity contribution >= 4 is 34.1 Å². The minimum absolute atomic E-state index is 0.164. The number of carbonyl (C=O) groups is 1. The highest BCUT2D eigenvalue weighted by Crippen LogP contribution is 2.32. The van der Waals surface area contributed by atoms with Crippen LogP contribution in [0.15, 0.2) is 54.6 Å². The first kappa shape index (κ1) is 17.6. The van der Waals surface area contributed by atoms with Crippen LogP contribution in [0, 0.1) is 11.3 Å². The van der Waals surface area contributed by atoms with E-state index in [-0.39, 0.29) is 5.92 Å². The number of nitrogens with zero attached hydrogens (tertiary/aromatic N) is 3. The number of benzene rings is 2. The fourth-order valence-electron chi connectivity index (χ4n) is 3.38. The molecular weight excluding hydrogens is 350 g/mol. The van der Waals surface area contributed by atoms with Crippen molar-refractivity contribution in [1.82, 2.24) is 9.38 Å². The van der Waals surface area contributed by atoms with Gasteiger partial charge in [0.1, 0.15) is 11.9 Å². The Hall–Kier alpha value is -3.85. The fourth-order valence-corrected chi connectivity index (χ4v) is 3.38. The summed E-state index contributed by atoms with van der Waals surface area (Å²) in [6.07, 6.45) is 0. The molecule has 1 amide bonds. The molecule has 138 valence electrons. The summed E-state index contributed by atoms with van der Waals surface area (Å²) in [5.41, 5.74) is 10.5.